The van der Waals surface area contributed by atoms with Crippen LogP contribution in [0.25, 0.3) is 11.1 Å². The monoisotopic (exact) mass is 940 g/mol. The Hall–Kier alpha value is -4.33. The van der Waals surface area contributed by atoms with E-state index >= 15 is 0 Å². The van der Waals surface area contributed by atoms with Gasteiger partial charge >= 0.3 is 31.3 Å². The van der Waals surface area contributed by atoms with Crippen molar-refractivity contribution in [1.29, 1.82) is 0 Å². The molecule has 0 fully saturated rings. The number of halogens is 6. The van der Waals surface area contributed by atoms with Crippen LogP contribution in [0.4, 0.5) is 26.3 Å². The standard InChI is InChI=1S/C38H32O2P2.2CHF3O3S.Ni/c1-39-33-25-15-27-35(41(29-17-7-3-8-18-29)30-19-9-4-10-20-30)37(33)38-34(40-2)26-16-28-36(38)42(31-21-11-5-12-22-31)32-23-13-6-14-24-32;2*2-1(3,4)8(5,6)7;/h3-28H,1-2H3;2*(H,5,6,7);. The molecule has 0 bridgehead atoms. The first kappa shape index (κ1) is 49.0. The van der Waals surface area contributed by atoms with Crippen LogP contribution in [-0.2, 0) is 36.7 Å². The fourth-order valence-electron chi connectivity index (χ4n) is 5.42. The summed E-state index contributed by atoms with van der Waals surface area (Å²) in [5.74, 6) is 1.68. The van der Waals surface area contributed by atoms with Crippen LogP contribution in [0.3, 0.4) is 0 Å². The second kappa shape index (κ2) is 21.3. The molecule has 6 aromatic rings. The van der Waals surface area contributed by atoms with E-state index in [4.69, 9.17) is 35.4 Å². The molecule has 0 unspecified atom stereocenters. The Morgan fingerprint density at radius 2 is 0.644 bits per heavy atom. The van der Waals surface area contributed by atoms with E-state index in [-0.39, 0.29) is 16.5 Å². The van der Waals surface area contributed by atoms with Crippen molar-refractivity contribution in [2.75, 3.05) is 14.2 Å². The molecule has 0 spiro atoms. The summed E-state index contributed by atoms with van der Waals surface area (Å²) in [7, 11) is -9.94. The fourth-order valence-corrected chi connectivity index (χ4v) is 10.4. The molecule has 2 N–H and O–H groups in total. The topological polar surface area (TPSA) is 127 Å². The first-order chi connectivity index (χ1) is 27.3. The van der Waals surface area contributed by atoms with Gasteiger partial charge in [0.1, 0.15) is 11.5 Å². The van der Waals surface area contributed by atoms with Gasteiger partial charge in [-0.05, 0) is 59.8 Å². The number of methoxy groups -OCH3 is 2. The van der Waals surface area contributed by atoms with E-state index in [1.165, 1.54) is 31.8 Å². The van der Waals surface area contributed by atoms with Crippen molar-refractivity contribution in [3.63, 3.8) is 0 Å². The van der Waals surface area contributed by atoms with Crippen LogP contribution in [0, 0.1) is 0 Å². The summed E-state index contributed by atoms with van der Waals surface area (Å²) in [6.07, 6.45) is 0. The van der Waals surface area contributed by atoms with E-state index in [1.807, 2.05) is 0 Å². The Labute approximate surface area is 350 Å². The maximum absolute atomic E-state index is 10.7. The number of hydrogen-bond donors (Lipinski definition) is 2. The zero-order chi connectivity index (χ0) is 42.7. The molecule has 0 saturated carbocycles. The molecule has 6 rings (SSSR count). The summed E-state index contributed by atoms with van der Waals surface area (Å²) in [5, 5.41) is 7.64. The fraction of sp³-hybridized carbons (Fsp3) is 0.100. The van der Waals surface area contributed by atoms with E-state index in [1.54, 1.807) is 14.2 Å². The van der Waals surface area contributed by atoms with Crippen molar-refractivity contribution in [2.24, 2.45) is 0 Å². The van der Waals surface area contributed by atoms with Crippen LogP contribution in [0.15, 0.2) is 158 Å². The summed E-state index contributed by atoms with van der Waals surface area (Å²) in [6.45, 7) is 0. The van der Waals surface area contributed by atoms with E-state index in [2.05, 4.69) is 158 Å². The molecule has 0 aliphatic rings. The van der Waals surface area contributed by atoms with Gasteiger partial charge in [0.15, 0.2) is 0 Å². The first-order valence-electron chi connectivity index (χ1n) is 16.5. The van der Waals surface area contributed by atoms with Crippen LogP contribution >= 0.6 is 15.8 Å². The van der Waals surface area contributed by atoms with Crippen molar-refractivity contribution >= 4 is 67.9 Å². The van der Waals surface area contributed by atoms with Crippen LogP contribution in [-0.4, -0.2) is 51.2 Å². The Morgan fingerprint density at radius 1 is 0.424 bits per heavy atom. The van der Waals surface area contributed by atoms with Gasteiger partial charge in [0.25, 0.3) is 0 Å². The summed E-state index contributed by atoms with van der Waals surface area (Å²) >= 11 is 0. The third-order valence-electron chi connectivity index (χ3n) is 7.82. The van der Waals surface area contributed by atoms with Crippen LogP contribution in [0.1, 0.15) is 0 Å². The normalized spacial score (nSPS) is 11.7. The molecule has 6 aromatic carbocycles. The molecule has 0 radical (unpaired) electrons. The Morgan fingerprint density at radius 3 is 0.831 bits per heavy atom. The van der Waals surface area contributed by atoms with Gasteiger partial charge < -0.3 is 9.47 Å². The maximum Gasteiger partial charge on any atom is 0.522 e. The minimum Gasteiger partial charge on any atom is -0.496 e. The van der Waals surface area contributed by atoms with Crippen molar-refractivity contribution in [2.45, 2.75) is 11.0 Å². The third-order valence-corrected chi connectivity index (χ3v) is 14.0. The number of rotatable bonds is 9. The molecule has 0 amide bonds. The Balaban J connectivity index is 0.000000463. The first-order valence-corrected chi connectivity index (χ1v) is 22.1. The van der Waals surface area contributed by atoms with Gasteiger partial charge in [-0.15, -0.1) is 0 Å². The van der Waals surface area contributed by atoms with Gasteiger partial charge in [0, 0.05) is 27.6 Å². The second-order valence-electron chi connectivity index (χ2n) is 11.6. The van der Waals surface area contributed by atoms with E-state index in [9.17, 15) is 26.3 Å². The smallest absolute Gasteiger partial charge is 0.496 e. The van der Waals surface area contributed by atoms with Crippen molar-refractivity contribution < 1.29 is 78.2 Å². The van der Waals surface area contributed by atoms with E-state index < -0.39 is 47.1 Å². The Bertz CT molecular complexity index is 2210. The zero-order valence-corrected chi connectivity index (χ0v) is 35.1. The van der Waals surface area contributed by atoms with Gasteiger partial charge in [-0.1, -0.05) is 146 Å². The van der Waals surface area contributed by atoms with Gasteiger partial charge in [0.05, 0.1) is 14.2 Å². The molecular weight excluding hydrogens is 907 g/mol. The molecule has 0 atom stereocenters. The molecular formula is C40H34F6NiO8P2S2. The second-order valence-corrected chi connectivity index (χ2v) is 18.8. The number of alkyl halides is 6. The van der Waals surface area contributed by atoms with Crippen LogP contribution < -0.4 is 41.3 Å². The molecule has 0 aliphatic heterocycles. The predicted molar refractivity (Wildman–Crippen MR) is 218 cm³/mol. The molecule has 8 nitrogen and oxygen atoms in total. The number of ether oxygens (including phenoxy) is 2. The average molecular weight is 941 g/mol. The molecule has 59 heavy (non-hydrogen) atoms. The van der Waals surface area contributed by atoms with Crippen molar-refractivity contribution in [1.82, 2.24) is 0 Å². The zero-order valence-electron chi connectivity index (χ0n) is 30.6. The van der Waals surface area contributed by atoms with E-state index in [0.29, 0.717) is 0 Å². The van der Waals surface area contributed by atoms with Crippen molar-refractivity contribution in [3.05, 3.63) is 158 Å². The third kappa shape index (κ3) is 12.8. The van der Waals surface area contributed by atoms with E-state index in [0.717, 1.165) is 22.6 Å². The quantitative estimate of drug-likeness (QED) is 0.0498. The van der Waals surface area contributed by atoms with Crippen molar-refractivity contribution in [3.8, 4) is 22.6 Å². The SMILES string of the molecule is COc1cccc(P(c2ccccc2)c2ccccc2)c1-c1c(OC)cccc1P(c1ccccc1)c1ccccc1.O=S(=O)(O)C(F)(F)F.O=S(=O)(O)C(F)(F)F.[Ni]. The number of hydrogen-bond acceptors (Lipinski definition) is 6. The van der Waals surface area contributed by atoms with Gasteiger partial charge in [-0.25, -0.2) is 0 Å². The number of benzene rings is 6. The molecule has 0 aliphatic carbocycles. The molecule has 316 valence electrons. The largest absolute Gasteiger partial charge is 0.522 e. The van der Waals surface area contributed by atoms with Crippen LogP contribution in [0.2, 0.25) is 0 Å². The Kier molecular flexibility index (Phi) is 17.7. The minimum atomic E-state index is -5.84. The minimum absolute atomic E-state index is 0. The van der Waals surface area contributed by atoms with Gasteiger partial charge in [-0.3, -0.25) is 9.11 Å². The maximum atomic E-state index is 10.7. The summed E-state index contributed by atoms with van der Waals surface area (Å²) < 4.78 is 127. The van der Waals surface area contributed by atoms with Gasteiger partial charge in [0.2, 0.25) is 0 Å². The summed E-state index contributed by atoms with van der Waals surface area (Å²) in [6, 6.07) is 56.2. The molecule has 0 heterocycles. The van der Waals surface area contributed by atoms with Crippen LogP contribution in [0.5, 0.6) is 11.5 Å². The molecule has 0 aromatic heterocycles. The average Bonchev–Trinajstić information content (AvgIpc) is 3.19. The summed E-state index contributed by atoms with van der Waals surface area (Å²) in [4.78, 5) is 0. The van der Waals surface area contributed by atoms with Gasteiger partial charge in [-0.2, -0.15) is 43.2 Å². The predicted octanol–water partition coefficient (Wildman–Crippen LogP) is 7.67. The molecule has 19 heteroatoms. The molecule has 0 saturated heterocycles. The summed E-state index contributed by atoms with van der Waals surface area (Å²) in [5.41, 5.74) is -8.89.